The van der Waals surface area contributed by atoms with Crippen LogP contribution in [0.4, 0.5) is 0 Å². The second-order valence-electron chi connectivity index (χ2n) is 12.4. The molecule has 3 aliphatic heterocycles. The molecule has 7 heteroatoms. The van der Waals surface area contributed by atoms with Gasteiger partial charge in [0.15, 0.2) is 5.79 Å². The molecule has 3 heterocycles. The summed E-state index contributed by atoms with van der Waals surface area (Å²) in [7, 11) is 0. The summed E-state index contributed by atoms with van der Waals surface area (Å²) in [4.78, 5) is 6.65. The van der Waals surface area contributed by atoms with Gasteiger partial charge in [-0.1, -0.05) is 38.3 Å². The Hall–Kier alpha value is -1.22. The van der Waals surface area contributed by atoms with Crippen LogP contribution in [0.3, 0.4) is 0 Å². The molecular formula is C30H49NO6. The summed E-state index contributed by atoms with van der Waals surface area (Å²) < 4.78 is 29.9. The SMILES string of the molecule is CCCCCCOCC1COC2(CC(C)(C)N(OC(C)c3ccc(OCC4CO4)cc3)C(C)(C)C2)OC1. The van der Waals surface area contributed by atoms with Crippen LogP contribution >= 0.6 is 0 Å². The minimum absolute atomic E-state index is 0.0968. The third kappa shape index (κ3) is 7.90. The summed E-state index contributed by atoms with van der Waals surface area (Å²) >= 11 is 0. The number of piperidine rings is 1. The molecule has 3 saturated heterocycles. The first-order chi connectivity index (χ1) is 17.6. The van der Waals surface area contributed by atoms with Gasteiger partial charge in [-0.2, -0.15) is 5.06 Å². The lowest BCUT2D eigenvalue weighted by atomic mass is 9.77. The number of ether oxygens (including phenoxy) is 5. The van der Waals surface area contributed by atoms with Crippen molar-refractivity contribution in [1.82, 2.24) is 5.06 Å². The van der Waals surface area contributed by atoms with Gasteiger partial charge in [-0.3, -0.25) is 4.84 Å². The van der Waals surface area contributed by atoms with E-state index in [4.69, 9.17) is 28.5 Å². The van der Waals surface area contributed by atoms with Crippen LogP contribution in [0, 0.1) is 5.92 Å². The number of epoxide rings is 1. The van der Waals surface area contributed by atoms with Gasteiger partial charge >= 0.3 is 0 Å². The Labute approximate surface area is 224 Å². The zero-order valence-electron chi connectivity index (χ0n) is 23.9. The summed E-state index contributed by atoms with van der Waals surface area (Å²) in [6.45, 7) is 17.5. The van der Waals surface area contributed by atoms with Crippen LogP contribution < -0.4 is 4.74 Å². The molecule has 0 N–H and O–H groups in total. The molecule has 2 atom stereocenters. The number of unbranched alkanes of at least 4 members (excludes halogenated alkanes) is 3. The van der Waals surface area contributed by atoms with Crippen LogP contribution in [-0.2, 0) is 23.8 Å². The van der Waals surface area contributed by atoms with Crippen molar-refractivity contribution in [3.8, 4) is 5.75 Å². The quantitative estimate of drug-likeness (QED) is 0.232. The van der Waals surface area contributed by atoms with Crippen molar-refractivity contribution in [2.45, 2.75) is 109 Å². The molecule has 210 valence electrons. The first-order valence-electron chi connectivity index (χ1n) is 14.3. The third-order valence-corrected chi connectivity index (χ3v) is 7.61. The number of nitrogens with zero attached hydrogens (tertiary/aromatic N) is 1. The van der Waals surface area contributed by atoms with Crippen LogP contribution in [0.5, 0.6) is 5.75 Å². The molecule has 0 aromatic heterocycles. The van der Waals surface area contributed by atoms with Gasteiger partial charge in [0, 0.05) is 36.4 Å². The van der Waals surface area contributed by atoms with Crippen molar-refractivity contribution in [1.29, 1.82) is 0 Å². The van der Waals surface area contributed by atoms with Gasteiger partial charge < -0.3 is 23.7 Å². The van der Waals surface area contributed by atoms with Crippen LogP contribution in [0.25, 0.3) is 0 Å². The first-order valence-corrected chi connectivity index (χ1v) is 14.3. The molecule has 0 amide bonds. The van der Waals surface area contributed by atoms with E-state index in [0.29, 0.717) is 32.3 Å². The second kappa shape index (κ2) is 12.3. The van der Waals surface area contributed by atoms with E-state index in [2.05, 4.69) is 58.7 Å². The largest absolute Gasteiger partial charge is 0.491 e. The van der Waals surface area contributed by atoms with E-state index in [9.17, 15) is 0 Å². The van der Waals surface area contributed by atoms with Crippen molar-refractivity contribution >= 4 is 0 Å². The number of benzene rings is 1. The Morgan fingerprint density at radius 3 is 2.16 bits per heavy atom. The van der Waals surface area contributed by atoms with Crippen molar-refractivity contribution in [2.24, 2.45) is 5.92 Å². The molecule has 0 aliphatic carbocycles. The molecule has 0 bridgehead atoms. The average Bonchev–Trinajstić information content (AvgIpc) is 3.68. The van der Waals surface area contributed by atoms with Crippen molar-refractivity contribution < 1.29 is 28.5 Å². The predicted octanol–water partition coefficient (Wildman–Crippen LogP) is 6.07. The molecule has 0 radical (unpaired) electrons. The Morgan fingerprint density at radius 2 is 1.57 bits per heavy atom. The number of rotatable bonds is 13. The lowest BCUT2D eigenvalue weighted by Gasteiger charge is -2.59. The van der Waals surface area contributed by atoms with Gasteiger partial charge in [0.1, 0.15) is 24.6 Å². The Morgan fingerprint density at radius 1 is 0.919 bits per heavy atom. The number of hydroxylamine groups is 2. The van der Waals surface area contributed by atoms with E-state index in [1.807, 2.05) is 12.1 Å². The second-order valence-corrected chi connectivity index (χ2v) is 12.4. The van der Waals surface area contributed by atoms with Crippen molar-refractivity contribution in [2.75, 3.05) is 39.6 Å². The Kier molecular flexibility index (Phi) is 9.58. The first kappa shape index (κ1) is 28.8. The van der Waals surface area contributed by atoms with E-state index in [-0.39, 0.29) is 23.3 Å². The highest BCUT2D eigenvalue weighted by Gasteiger charge is 2.56. The van der Waals surface area contributed by atoms with Gasteiger partial charge in [0.2, 0.25) is 0 Å². The fourth-order valence-corrected chi connectivity index (χ4v) is 5.85. The normalized spacial score (nSPS) is 25.7. The minimum atomic E-state index is -0.585. The number of hydrogen-bond donors (Lipinski definition) is 0. The molecule has 4 rings (SSSR count). The highest BCUT2D eigenvalue weighted by molar-refractivity contribution is 5.28. The fraction of sp³-hybridized carbons (Fsp3) is 0.800. The van der Waals surface area contributed by atoms with Gasteiger partial charge in [0.25, 0.3) is 0 Å². The highest BCUT2D eigenvalue weighted by atomic mass is 16.7. The molecule has 2 unspecified atom stereocenters. The lowest BCUT2D eigenvalue weighted by molar-refractivity contribution is -0.383. The zero-order chi connectivity index (χ0) is 26.5. The molecule has 37 heavy (non-hydrogen) atoms. The summed E-state index contributed by atoms with van der Waals surface area (Å²) in [6.07, 6.45) is 6.56. The Bertz CT molecular complexity index is 809. The van der Waals surface area contributed by atoms with E-state index in [1.165, 1.54) is 19.3 Å². The summed E-state index contributed by atoms with van der Waals surface area (Å²) in [6, 6.07) is 8.18. The maximum absolute atomic E-state index is 6.65. The van der Waals surface area contributed by atoms with Crippen LogP contribution in [0.2, 0.25) is 0 Å². The smallest absolute Gasteiger partial charge is 0.171 e. The maximum atomic E-state index is 6.65. The van der Waals surface area contributed by atoms with Crippen LogP contribution in [0.15, 0.2) is 24.3 Å². The van der Waals surface area contributed by atoms with E-state index in [0.717, 1.165) is 43.8 Å². The monoisotopic (exact) mass is 519 g/mol. The maximum Gasteiger partial charge on any atom is 0.171 e. The van der Waals surface area contributed by atoms with Gasteiger partial charge in [-0.25, -0.2) is 0 Å². The summed E-state index contributed by atoms with van der Waals surface area (Å²) in [5.41, 5.74) is 0.572. The van der Waals surface area contributed by atoms with Crippen molar-refractivity contribution in [3.63, 3.8) is 0 Å². The van der Waals surface area contributed by atoms with Crippen LogP contribution in [-0.4, -0.2) is 67.7 Å². The standard InChI is InChI=1S/C30H49NO6/c1-7-8-9-10-15-32-16-24-17-35-30(36-18-24)21-28(3,4)31(29(5,6)22-30)37-23(2)25-11-13-26(14-12-25)33-19-27-20-34-27/h11-14,23-24,27H,7-10,15-22H2,1-6H3. The average molecular weight is 520 g/mol. The topological polar surface area (TPSA) is 61.9 Å². The fourth-order valence-electron chi connectivity index (χ4n) is 5.85. The molecule has 3 fully saturated rings. The highest BCUT2D eigenvalue weighted by Crippen LogP contribution is 2.48. The van der Waals surface area contributed by atoms with Crippen molar-refractivity contribution in [3.05, 3.63) is 29.8 Å². The Balaban J connectivity index is 1.28. The van der Waals surface area contributed by atoms with Gasteiger partial charge in [0.05, 0.1) is 26.4 Å². The van der Waals surface area contributed by atoms with Gasteiger partial charge in [-0.15, -0.1) is 0 Å². The molecular weight excluding hydrogens is 470 g/mol. The molecule has 3 aliphatic rings. The molecule has 1 spiro atoms. The number of hydrogen-bond acceptors (Lipinski definition) is 7. The predicted molar refractivity (Wildman–Crippen MR) is 143 cm³/mol. The molecule has 7 nitrogen and oxygen atoms in total. The van der Waals surface area contributed by atoms with E-state index in [1.54, 1.807) is 0 Å². The van der Waals surface area contributed by atoms with E-state index < -0.39 is 5.79 Å². The summed E-state index contributed by atoms with van der Waals surface area (Å²) in [5, 5.41) is 2.17. The molecule has 0 saturated carbocycles. The summed E-state index contributed by atoms with van der Waals surface area (Å²) in [5.74, 6) is 0.567. The van der Waals surface area contributed by atoms with E-state index >= 15 is 0 Å². The lowest BCUT2D eigenvalue weighted by Crippen LogP contribution is -2.67. The minimum Gasteiger partial charge on any atom is -0.491 e. The zero-order valence-corrected chi connectivity index (χ0v) is 23.9. The van der Waals surface area contributed by atoms with Crippen LogP contribution in [0.1, 0.15) is 91.7 Å². The van der Waals surface area contributed by atoms with Gasteiger partial charge in [-0.05, 0) is 58.7 Å². The third-order valence-electron chi connectivity index (χ3n) is 7.61. The molecule has 1 aromatic rings. The molecule has 1 aromatic carbocycles.